The number of anilines is 2. The van der Waals surface area contributed by atoms with Crippen molar-refractivity contribution in [3.05, 3.63) is 12.4 Å². The molecule has 4 heteroatoms. The highest BCUT2D eigenvalue weighted by molar-refractivity contribution is 5.36. The van der Waals surface area contributed by atoms with Crippen LogP contribution in [-0.4, -0.2) is 16.0 Å². The lowest BCUT2D eigenvalue weighted by Crippen LogP contribution is -2.15. The Balaban J connectivity index is 2.58. The third-order valence-electron chi connectivity index (χ3n) is 1.66. The van der Waals surface area contributed by atoms with E-state index in [0.29, 0.717) is 17.7 Å². The summed E-state index contributed by atoms with van der Waals surface area (Å²) in [5.41, 5.74) is 6.02. The number of hydrogen-bond donors (Lipinski definition) is 2. The monoisotopic (exact) mass is 166 g/mol. The van der Waals surface area contributed by atoms with Crippen LogP contribution in [-0.2, 0) is 0 Å². The maximum Gasteiger partial charge on any atom is 0.222 e. The lowest BCUT2D eigenvalue weighted by atomic mass is 10.3. The summed E-state index contributed by atoms with van der Waals surface area (Å²) in [6.45, 7) is 4.19. The van der Waals surface area contributed by atoms with Gasteiger partial charge in [-0.15, -0.1) is 0 Å². The Morgan fingerprint density at radius 2 is 2.08 bits per heavy atom. The van der Waals surface area contributed by atoms with Gasteiger partial charge in [0.25, 0.3) is 0 Å². The molecule has 0 aliphatic rings. The van der Waals surface area contributed by atoms with Gasteiger partial charge in [-0.1, -0.05) is 6.92 Å². The number of nitrogens with zero attached hydrogens (tertiary/aromatic N) is 2. The molecule has 1 aromatic rings. The summed E-state index contributed by atoms with van der Waals surface area (Å²) in [5.74, 6) is 0.638. The molecule has 12 heavy (non-hydrogen) atoms. The van der Waals surface area contributed by atoms with Crippen molar-refractivity contribution < 1.29 is 0 Å². The largest absolute Gasteiger partial charge is 0.396 e. The van der Waals surface area contributed by atoms with Gasteiger partial charge in [-0.3, -0.25) is 0 Å². The summed E-state index contributed by atoms with van der Waals surface area (Å²) in [5, 5.41) is 3.14. The first-order valence-corrected chi connectivity index (χ1v) is 4.06. The van der Waals surface area contributed by atoms with Crippen LogP contribution in [0.1, 0.15) is 20.3 Å². The molecule has 3 N–H and O–H groups in total. The predicted octanol–water partition coefficient (Wildman–Crippen LogP) is 1.27. The van der Waals surface area contributed by atoms with E-state index >= 15 is 0 Å². The molecule has 0 fully saturated rings. The molecule has 0 aromatic carbocycles. The Bertz CT molecular complexity index is 231. The topological polar surface area (TPSA) is 63.8 Å². The Hall–Kier alpha value is -1.32. The first-order valence-electron chi connectivity index (χ1n) is 4.06. The van der Waals surface area contributed by atoms with Gasteiger partial charge < -0.3 is 11.1 Å². The van der Waals surface area contributed by atoms with Crippen molar-refractivity contribution in [2.24, 2.45) is 0 Å². The zero-order valence-electron chi connectivity index (χ0n) is 7.41. The van der Waals surface area contributed by atoms with Crippen molar-refractivity contribution >= 4 is 11.6 Å². The highest BCUT2D eigenvalue weighted by Gasteiger charge is 1.99. The lowest BCUT2D eigenvalue weighted by molar-refractivity contribution is 0.753. The first kappa shape index (κ1) is 8.77. The fourth-order valence-electron chi connectivity index (χ4n) is 0.735. The van der Waals surface area contributed by atoms with Gasteiger partial charge in [-0.05, 0) is 13.3 Å². The van der Waals surface area contributed by atoms with Crippen molar-refractivity contribution in [1.29, 1.82) is 0 Å². The molecule has 1 aromatic heterocycles. The van der Waals surface area contributed by atoms with E-state index in [4.69, 9.17) is 5.73 Å². The Kier molecular flexibility index (Phi) is 2.85. The second kappa shape index (κ2) is 3.90. The van der Waals surface area contributed by atoms with Gasteiger partial charge in [0, 0.05) is 6.04 Å². The molecule has 0 amide bonds. The molecular formula is C8H14N4. The van der Waals surface area contributed by atoms with E-state index in [-0.39, 0.29) is 0 Å². The van der Waals surface area contributed by atoms with Crippen LogP contribution in [0.25, 0.3) is 0 Å². The summed E-state index contributed by atoms with van der Waals surface area (Å²) in [4.78, 5) is 8.04. The maximum absolute atomic E-state index is 5.44. The van der Waals surface area contributed by atoms with Crippen molar-refractivity contribution in [3.8, 4) is 0 Å². The summed E-state index contributed by atoms with van der Waals surface area (Å²) < 4.78 is 0. The quantitative estimate of drug-likeness (QED) is 0.709. The third-order valence-corrected chi connectivity index (χ3v) is 1.66. The second-order valence-corrected chi connectivity index (χ2v) is 2.79. The maximum atomic E-state index is 5.44. The minimum Gasteiger partial charge on any atom is -0.396 e. The molecule has 4 nitrogen and oxygen atoms in total. The van der Waals surface area contributed by atoms with Crippen LogP contribution < -0.4 is 11.1 Å². The molecule has 0 spiro atoms. The molecule has 0 saturated carbocycles. The molecule has 1 heterocycles. The van der Waals surface area contributed by atoms with Gasteiger partial charge in [-0.25, -0.2) is 9.97 Å². The summed E-state index contributed by atoms with van der Waals surface area (Å²) >= 11 is 0. The zero-order valence-corrected chi connectivity index (χ0v) is 7.41. The Morgan fingerprint density at radius 1 is 1.50 bits per heavy atom. The minimum absolute atomic E-state index is 0.397. The van der Waals surface area contributed by atoms with Crippen LogP contribution in [0.15, 0.2) is 12.4 Å². The zero-order chi connectivity index (χ0) is 8.97. The van der Waals surface area contributed by atoms with E-state index in [1.807, 2.05) is 0 Å². The number of nitrogen functional groups attached to an aromatic ring is 1. The van der Waals surface area contributed by atoms with Crippen LogP contribution in [0.5, 0.6) is 0 Å². The Labute approximate surface area is 72.2 Å². The fraction of sp³-hybridized carbons (Fsp3) is 0.500. The van der Waals surface area contributed by atoms with Gasteiger partial charge in [0.2, 0.25) is 5.95 Å². The molecule has 1 unspecified atom stereocenters. The van der Waals surface area contributed by atoms with E-state index in [1.165, 1.54) is 0 Å². The minimum atomic E-state index is 0.397. The number of rotatable bonds is 3. The SMILES string of the molecule is CCC(C)Nc1ncc(N)cn1. The number of nitrogens with one attached hydrogen (secondary N) is 1. The van der Waals surface area contributed by atoms with Crippen LogP contribution in [0.3, 0.4) is 0 Å². The molecule has 0 saturated heterocycles. The van der Waals surface area contributed by atoms with Gasteiger partial charge >= 0.3 is 0 Å². The highest BCUT2D eigenvalue weighted by Crippen LogP contribution is 2.03. The van der Waals surface area contributed by atoms with Crippen LogP contribution in [0.4, 0.5) is 11.6 Å². The van der Waals surface area contributed by atoms with Crippen LogP contribution >= 0.6 is 0 Å². The van der Waals surface area contributed by atoms with Gasteiger partial charge in [0.15, 0.2) is 0 Å². The van der Waals surface area contributed by atoms with E-state index in [1.54, 1.807) is 12.4 Å². The molecule has 66 valence electrons. The van der Waals surface area contributed by atoms with Crippen LogP contribution in [0.2, 0.25) is 0 Å². The average molecular weight is 166 g/mol. The van der Waals surface area contributed by atoms with Crippen LogP contribution in [0, 0.1) is 0 Å². The van der Waals surface area contributed by atoms with Crippen molar-refractivity contribution in [3.63, 3.8) is 0 Å². The standard InChI is InChI=1S/C8H14N4/c1-3-6(2)12-8-10-4-7(9)5-11-8/h4-6H,3,9H2,1-2H3,(H,10,11,12). The van der Waals surface area contributed by atoms with Gasteiger partial charge in [-0.2, -0.15) is 0 Å². The van der Waals surface area contributed by atoms with Gasteiger partial charge in [0.1, 0.15) is 0 Å². The predicted molar refractivity (Wildman–Crippen MR) is 49.8 cm³/mol. The van der Waals surface area contributed by atoms with E-state index in [2.05, 4.69) is 29.1 Å². The molecule has 0 bridgehead atoms. The molecule has 1 rings (SSSR count). The number of nitrogens with two attached hydrogens (primary N) is 1. The van der Waals surface area contributed by atoms with Crippen molar-refractivity contribution in [1.82, 2.24) is 9.97 Å². The molecular weight excluding hydrogens is 152 g/mol. The lowest BCUT2D eigenvalue weighted by Gasteiger charge is -2.10. The average Bonchev–Trinajstić information content (AvgIpc) is 2.09. The van der Waals surface area contributed by atoms with E-state index in [9.17, 15) is 0 Å². The smallest absolute Gasteiger partial charge is 0.222 e. The molecule has 1 atom stereocenters. The third kappa shape index (κ3) is 2.38. The van der Waals surface area contributed by atoms with Gasteiger partial charge in [0.05, 0.1) is 18.1 Å². The fourth-order valence-corrected chi connectivity index (χ4v) is 0.735. The summed E-state index contributed by atoms with van der Waals surface area (Å²) in [7, 11) is 0. The van der Waals surface area contributed by atoms with E-state index in [0.717, 1.165) is 6.42 Å². The van der Waals surface area contributed by atoms with Crippen molar-refractivity contribution in [2.45, 2.75) is 26.3 Å². The molecule has 0 aliphatic heterocycles. The molecule has 0 aliphatic carbocycles. The summed E-state index contributed by atoms with van der Waals surface area (Å²) in [6, 6.07) is 0.397. The normalized spacial score (nSPS) is 12.5. The number of hydrogen-bond acceptors (Lipinski definition) is 4. The van der Waals surface area contributed by atoms with Crippen molar-refractivity contribution in [2.75, 3.05) is 11.1 Å². The first-order chi connectivity index (χ1) is 5.72. The van der Waals surface area contributed by atoms with E-state index < -0.39 is 0 Å². The highest BCUT2D eigenvalue weighted by atomic mass is 15.1. The second-order valence-electron chi connectivity index (χ2n) is 2.79. The number of aromatic nitrogens is 2. The Morgan fingerprint density at radius 3 is 2.58 bits per heavy atom. The summed E-state index contributed by atoms with van der Waals surface area (Å²) in [6.07, 6.45) is 4.24. The molecule has 0 radical (unpaired) electrons.